The van der Waals surface area contributed by atoms with Gasteiger partial charge in [-0.05, 0) is 56.7 Å². The highest BCUT2D eigenvalue weighted by Crippen LogP contribution is 2.38. The molecule has 0 radical (unpaired) electrons. The standard InChI is InChI=1S/C15H18FNO/c1-10(18)12-4-7-15(14(16)8-12)17(13-5-6-13)9-11-2-3-11/h4,7-8,11,13H,2-3,5-6,9H2,1H3. The summed E-state index contributed by atoms with van der Waals surface area (Å²) in [6, 6.07) is 5.40. The maximum Gasteiger partial charge on any atom is 0.159 e. The number of Topliss-reactive ketones (excluding diaryl/α,β-unsaturated/α-hetero) is 1. The molecule has 0 aliphatic heterocycles. The minimum atomic E-state index is -0.254. The molecule has 18 heavy (non-hydrogen) atoms. The fraction of sp³-hybridized carbons (Fsp3) is 0.533. The number of benzene rings is 1. The van der Waals surface area contributed by atoms with Crippen molar-refractivity contribution in [3.63, 3.8) is 0 Å². The summed E-state index contributed by atoms with van der Waals surface area (Å²) in [5.41, 5.74) is 1.13. The molecule has 0 aromatic heterocycles. The molecule has 2 aliphatic carbocycles. The first-order valence-corrected chi connectivity index (χ1v) is 6.72. The highest BCUT2D eigenvalue weighted by atomic mass is 19.1. The van der Waals surface area contributed by atoms with Crippen molar-refractivity contribution >= 4 is 11.5 Å². The lowest BCUT2D eigenvalue weighted by atomic mass is 10.1. The molecule has 2 aliphatic rings. The maximum absolute atomic E-state index is 14.1. The predicted molar refractivity (Wildman–Crippen MR) is 69.5 cm³/mol. The Labute approximate surface area is 107 Å². The summed E-state index contributed by atoms with van der Waals surface area (Å²) in [6.45, 7) is 2.44. The molecule has 0 bridgehead atoms. The van der Waals surface area contributed by atoms with Crippen LogP contribution in [0.4, 0.5) is 10.1 Å². The summed E-state index contributed by atoms with van der Waals surface area (Å²) in [5.74, 6) is 0.411. The van der Waals surface area contributed by atoms with Gasteiger partial charge in [0.2, 0.25) is 0 Å². The van der Waals surface area contributed by atoms with Crippen LogP contribution in [0.15, 0.2) is 18.2 Å². The van der Waals surface area contributed by atoms with E-state index in [9.17, 15) is 9.18 Å². The number of carbonyl (C=O) groups is 1. The van der Waals surface area contributed by atoms with E-state index < -0.39 is 0 Å². The molecule has 1 aromatic rings. The van der Waals surface area contributed by atoms with Crippen LogP contribution in [0.5, 0.6) is 0 Å². The van der Waals surface area contributed by atoms with Gasteiger partial charge in [-0.25, -0.2) is 4.39 Å². The summed E-state index contributed by atoms with van der Waals surface area (Å²) in [5, 5.41) is 0. The van der Waals surface area contributed by atoms with E-state index in [2.05, 4.69) is 4.90 Å². The second kappa shape index (κ2) is 4.38. The van der Waals surface area contributed by atoms with Gasteiger partial charge >= 0.3 is 0 Å². The zero-order valence-electron chi connectivity index (χ0n) is 10.7. The Bertz CT molecular complexity index is 477. The molecule has 2 nitrogen and oxygen atoms in total. The molecule has 0 amide bonds. The normalized spacial score (nSPS) is 18.8. The summed E-state index contributed by atoms with van der Waals surface area (Å²) in [7, 11) is 0. The lowest BCUT2D eigenvalue weighted by Crippen LogP contribution is -2.29. The summed E-state index contributed by atoms with van der Waals surface area (Å²) >= 11 is 0. The first-order chi connectivity index (χ1) is 8.65. The highest BCUT2D eigenvalue weighted by Gasteiger charge is 2.34. The third-order valence-electron chi connectivity index (χ3n) is 3.80. The molecule has 0 spiro atoms. The van der Waals surface area contributed by atoms with Crippen LogP contribution in [0.1, 0.15) is 43.0 Å². The minimum absolute atomic E-state index is 0.0828. The second-order valence-electron chi connectivity index (χ2n) is 5.55. The third kappa shape index (κ3) is 2.40. The average Bonchev–Trinajstić information content (AvgIpc) is 3.19. The molecular formula is C15H18FNO. The minimum Gasteiger partial charge on any atom is -0.366 e. The molecule has 1 aromatic carbocycles. The van der Waals surface area contributed by atoms with Gasteiger partial charge in [0.05, 0.1) is 5.69 Å². The summed E-state index contributed by atoms with van der Waals surface area (Å²) in [4.78, 5) is 13.4. The predicted octanol–water partition coefficient (Wildman–Crippen LogP) is 3.41. The number of nitrogens with zero attached hydrogens (tertiary/aromatic N) is 1. The van der Waals surface area contributed by atoms with Gasteiger partial charge < -0.3 is 4.90 Å². The maximum atomic E-state index is 14.1. The van der Waals surface area contributed by atoms with E-state index in [1.807, 2.05) is 0 Å². The Morgan fingerprint density at radius 3 is 2.56 bits per heavy atom. The number of anilines is 1. The fourth-order valence-corrected chi connectivity index (χ4v) is 2.37. The van der Waals surface area contributed by atoms with E-state index in [4.69, 9.17) is 0 Å². The Morgan fingerprint density at radius 2 is 2.06 bits per heavy atom. The van der Waals surface area contributed by atoms with Crippen molar-refractivity contribution in [1.29, 1.82) is 0 Å². The topological polar surface area (TPSA) is 20.3 Å². The van der Waals surface area contributed by atoms with E-state index in [-0.39, 0.29) is 11.6 Å². The molecular weight excluding hydrogens is 229 g/mol. The fourth-order valence-electron chi connectivity index (χ4n) is 2.37. The Kier molecular flexibility index (Phi) is 2.84. The van der Waals surface area contributed by atoms with E-state index in [1.165, 1.54) is 38.7 Å². The van der Waals surface area contributed by atoms with Gasteiger partial charge in [0.15, 0.2) is 5.78 Å². The van der Waals surface area contributed by atoms with Crippen molar-refractivity contribution in [1.82, 2.24) is 0 Å². The van der Waals surface area contributed by atoms with Gasteiger partial charge in [0.1, 0.15) is 5.82 Å². The third-order valence-corrected chi connectivity index (χ3v) is 3.80. The second-order valence-corrected chi connectivity index (χ2v) is 5.55. The lowest BCUT2D eigenvalue weighted by molar-refractivity contribution is 0.101. The van der Waals surface area contributed by atoms with Gasteiger partial charge in [-0.3, -0.25) is 4.79 Å². The van der Waals surface area contributed by atoms with Crippen LogP contribution in [0, 0.1) is 11.7 Å². The highest BCUT2D eigenvalue weighted by molar-refractivity contribution is 5.94. The summed E-state index contributed by atoms with van der Waals surface area (Å²) in [6.07, 6.45) is 4.88. The first-order valence-electron chi connectivity index (χ1n) is 6.72. The average molecular weight is 247 g/mol. The molecule has 0 atom stereocenters. The van der Waals surface area contributed by atoms with Gasteiger partial charge in [0, 0.05) is 18.2 Å². The molecule has 0 heterocycles. The van der Waals surface area contributed by atoms with Crippen LogP contribution in [-0.4, -0.2) is 18.4 Å². The molecule has 2 saturated carbocycles. The van der Waals surface area contributed by atoms with E-state index in [0.717, 1.165) is 12.5 Å². The number of carbonyl (C=O) groups excluding carboxylic acids is 1. The van der Waals surface area contributed by atoms with Crippen molar-refractivity contribution < 1.29 is 9.18 Å². The lowest BCUT2D eigenvalue weighted by Gasteiger charge is -2.25. The van der Waals surface area contributed by atoms with Crippen LogP contribution in [0.3, 0.4) is 0 Å². The largest absolute Gasteiger partial charge is 0.366 e. The first kappa shape index (κ1) is 11.7. The molecule has 3 heteroatoms. The van der Waals surface area contributed by atoms with Gasteiger partial charge in [-0.2, -0.15) is 0 Å². The summed E-state index contributed by atoms with van der Waals surface area (Å²) < 4.78 is 14.1. The van der Waals surface area contributed by atoms with Crippen molar-refractivity contribution in [2.45, 2.75) is 38.6 Å². The number of hydrogen-bond donors (Lipinski definition) is 0. The van der Waals surface area contributed by atoms with Crippen LogP contribution in [-0.2, 0) is 0 Å². The Balaban J connectivity index is 1.86. The van der Waals surface area contributed by atoms with Crippen molar-refractivity contribution in [3.8, 4) is 0 Å². The quantitative estimate of drug-likeness (QED) is 0.743. The number of halogens is 1. The zero-order chi connectivity index (χ0) is 12.7. The number of rotatable bonds is 5. The molecule has 0 unspecified atom stereocenters. The molecule has 0 N–H and O–H groups in total. The van der Waals surface area contributed by atoms with E-state index in [0.29, 0.717) is 17.3 Å². The monoisotopic (exact) mass is 247 g/mol. The molecule has 2 fully saturated rings. The molecule has 3 rings (SSSR count). The van der Waals surface area contributed by atoms with Crippen LogP contribution < -0.4 is 4.90 Å². The smallest absolute Gasteiger partial charge is 0.159 e. The van der Waals surface area contributed by atoms with Crippen molar-refractivity contribution in [2.75, 3.05) is 11.4 Å². The van der Waals surface area contributed by atoms with Crippen molar-refractivity contribution in [2.24, 2.45) is 5.92 Å². The molecule has 96 valence electrons. The van der Waals surface area contributed by atoms with Gasteiger partial charge in [-0.15, -0.1) is 0 Å². The zero-order valence-corrected chi connectivity index (χ0v) is 10.7. The van der Waals surface area contributed by atoms with E-state index in [1.54, 1.807) is 12.1 Å². The van der Waals surface area contributed by atoms with Gasteiger partial charge in [-0.1, -0.05) is 0 Å². The number of ketones is 1. The molecule has 0 saturated heterocycles. The van der Waals surface area contributed by atoms with Crippen LogP contribution >= 0.6 is 0 Å². The Hall–Kier alpha value is -1.38. The van der Waals surface area contributed by atoms with Crippen LogP contribution in [0.2, 0.25) is 0 Å². The number of hydrogen-bond acceptors (Lipinski definition) is 2. The Morgan fingerprint density at radius 1 is 1.33 bits per heavy atom. The SMILES string of the molecule is CC(=O)c1ccc(N(CC2CC2)C2CC2)c(F)c1. The van der Waals surface area contributed by atoms with Crippen molar-refractivity contribution in [3.05, 3.63) is 29.6 Å². The van der Waals surface area contributed by atoms with E-state index >= 15 is 0 Å². The van der Waals surface area contributed by atoms with Gasteiger partial charge in [0.25, 0.3) is 0 Å². The van der Waals surface area contributed by atoms with Crippen LogP contribution in [0.25, 0.3) is 0 Å².